The molecule has 1 nitrogen and oxygen atoms in total. The first-order valence-corrected chi connectivity index (χ1v) is 9.68. The van der Waals surface area contributed by atoms with E-state index in [4.69, 9.17) is 34.8 Å². The number of nitrogens with one attached hydrogen (secondary N) is 1. The molecule has 4 rings (SSSR count). The molecule has 0 amide bonds. The van der Waals surface area contributed by atoms with Gasteiger partial charge >= 0.3 is 0 Å². The normalized spacial score (nSPS) is 29.5. The maximum absolute atomic E-state index is 6.56. The van der Waals surface area contributed by atoms with Crippen molar-refractivity contribution in [2.45, 2.75) is 24.7 Å². The van der Waals surface area contributed by atoms with E-state index in [1.165, 1.54) is 17.5 Å². The van der Waals surface area contributed by atoms with Crippen LogP contribution < -0.4 is 5.32 Å². The molecule has 0 aromatic heterocycles. The van der Waals surface area contributed by atoms with Crippen LogP contribution in [0.5, 0.6) is 0 Å². The summed E-state index contributed by atoms with van der Waals surface area (Å²) in [6, 6.07) is 14.3. The third-order valence-corrected chi connectivity index (χ3v) is 6.57. The maximum Gasteiger partial charge on any atom is 0.0455 e. The largest absolute Gasteiger partial charge is 0.316 e. The molecular formula is C20H20Cl3N. The highest BCUT2D eigenvalue weighted by Crippen LogP contribution is 2.52. The lowest BCUT2D eigenvalue weighted by Gasteiger charge is -2.40. The van der Waals surface area contributed by atoms with E-state index in [-0.39, 0.29) is 0 Å². The first-order valence-electron chi connectivity index (χ1n) is 8.54. The molecule has 0 spiro atoms. The minimum atomic E-state index is 0.428. The molecule has 4 atom stereocenters. The average Bonchev–Trinajstić information content (AvgIpc) is 3.04. The molecule has 1 saturated carbocycles. The van der Waals surface area contributed by atoms with Gasteiger partial charge in [0.05, 0.1) is 0 Å². The molecule has 0 unspecified atom stereocenters. The van der Waals surface area contributed by atoms with Gasteiger partial charge < -0.3 is 5.32 Å². The van der Waals surface area contributed by atoms with E-state index < -0.39 is 0 Å². The van der Waals surface area contributed by atoms with Gasteiger partial charge in [0.2, 0.25) is 0 Å². The number of rotatable bonds is 2. The molecule has 1 N–H and O–H groups in total. The monoisotopic (exact) mass is 379 g/mol. The van der Waals surface area contributed by atoms with E-state index in [1.807, 2.05) is 24.3 Å². The van der Waals surface area contributed by atoms with Crippen LogP contribution in [0.1, 0.15) is 35.8 Å². The summed E-state index contributed by atoms with van der Waals surface area (Å²) in [6.45, 7) is 2.22. The summed E-state index contributed by atoms with van der Waals surface area (Å²) in [5.41, 5.74) is 2.60. The summed E-state index contributed by atoms with van der Waals surface area (Å²) >= 11 is 18.8. The Kier molecular flexibility index (Phi) is 4.79. The van der Waals surface area contributed by atoms with Gasteiger partial charge in [-0.2, -0.15) is 0 Å². The van der Waals surface area contributed by atoms with Gasteiger partial charge in [-0.15, -0.1) is 0 Å². The van der Waals surface area contributed by atoms with Crippen molar-refractivity contribution in [2.24, 2.45) is 11.8 Å². The summed E-state index contributed by atoms with van der Waals surface area (Å²) in [4.78, 5) is 0. The van der Waals surface area contributed by atoms with Gasteiger partial charge in [0.15, 0.2) is 0 Å². The minimum absolute atomic E-state index is 0.428. The topological polar surface area (TPSA) is 12.0 Å². The molecule has 2 aromatic carbocycles. The second-order valence-electron chi connectivity index (χ2n) is 7.01. The summed E-state index contributed by atoms with van der Waals surface area (Å²) in [5.74, 6) is 2.30. The smallest absolute Gasteiger partial charge is 0.0455 e. The van der Waals surface area contributed by atoms with Crippen molar-refractivity contribution in [3.63, 3.8) is 0 Å². The molecule has 1 aliphatic carbocycles. The predicted octanol–water partition coefficient (Wildman–Crippen LogP) is 6.14. The van der Waals surface area contributed by atoms with Gasteiger partial charge in [0.25, 0.3) is 0 Å². The first-order chi connectivity index (χ1) is 11.6. The van der Waals surface area contributed by atoms with Crippen LogP contribution in [0.15, 0.2) is 42.5 Å². The van der Waals surface area contributed by atoms with E-state index in [2.05, 4.69) is 23.5 Å². The molecule has 2 aromatic rings. The van der Waals surface area contributed by atoms with Crippen molar-refractivity contribution in [1.82, 2.24) is 5.32 Å². The lowest BCUT2D eigenvalue weighted by atomic mass is 9.63. The lowest BCUT2D eigenvalue weighted by molar-refractivity contribution is 0.228. The molecule has 1 aliphatic heterocycles. The molecule has 2 fully saturated rings. The molecule has 0 radical (unpaired) electrons. The lowest BCUT2D eigenvalue weighted by Crippen LogP contribution is -2.31. The molecule has 4 heteroatoms. The predicted molar refractivity (Wildman–Crippen MR) is 102 cm³/mol. The second kappa shape index (κ2) is 6.88. The zero-order chi connectivity index (χ0) is 16.7. The van der Waals surface area contributed by atoms with E-state index in [1.54, 1.807) is 0 Å². The zero-order valence-electron chi connectivity index (χ0n) is 13.3. The average molecular weight is 381 g/mol. The van der Waals surface area contributed by atoms with Crippen LogP contribution in [0, 0.1) is 11.8 Å². The van der Waals surface area contributed by atoms with Crippen LogP contribution >= 0.6 is 34.8 Å². The van der Waals surface area contributed by atoms with E-state index in [9.17, 15) is 0 Å². The van der Waals surface area contributed by atoms with Crippen LogP contribution in [0.25, 0.3) is 0 Å². The fourth-order valence-corrected chi connectivity index (χ4v) is 5.35. The zero-order valence-corrected chi connectivity index (χ0v) is 15.6. The number of fused-ring (bicyclic) bond motifs is 1. The van der Waals surface area contributed by atoms with Gasteiger partial charge in [-0.25, -0.2) is 0 Å². The standard InChI is InChI=1S/C20H20Cl3N/c21-14-4-1-12(2-5-14)20-17(7-3-13-10-24-11-18(13)20)16-8-6-15(22)9-19(16)23/h1-2,4-6,8-9,13,17-18,20,24H,3,7,10-11H2/t13-,17-,18+,20-/m0/s1. The fraction of sp³-hybridized carbons (Fsp3) is 0.400. The third-order valence-electron chi connectivity index (χ3n) is 5.75. The van der Waals surface area contributed by atoms with Crippen LogP contribution in [-0.4, -0.2) is 13.1 Å². The number of halogens is 3. The molecular weight excluding hydrogens is 361 g/mol. The van der Waals surface area contributed by atoms with Crippen LogP contribution in [-0.2, 0) is 0 Å². The summed E-state index contributed by atoms with van der Waals surface area (Å²) in [7, 11) is 0. The molecule has 126 valence electrons. The minimum Gasteiger partial charge on any atom is -0.316 e. The van der Waals surface area contributed by atoms with Gasteiger partial charge in [-0.1, -0.05) is 53.0 Å². The van der Waals surface area contributed by atoms with Gasteiger partial charge in [-0.05, 0) is 85.0 Å². The highest BCUT2D eigenvalue weighted by Gasteiger charge is 2.43. The van der Waals surface area contributed by atoms with Gasteiger partial charge in [-0.3, -0.25) is 0 Å². The SMILES string of the molecule is Clc1ccc([C@@H]2[C@@H]3CNC[C@@H]3CC[C@H]2c2ccc(Cl)cc2Cl)cc1. The van der Waals surface area contributed by atoms with E-state index >= 15 is 0 Å². The Morgan fingerprint density at radius 3 is 2.33 bits per heavy atom. The highest BCUT2D eigenvalue weighted by molar-refractivity contribution is 6.35. The van der Waals surface area contributed by atoms with Crippen LogP contribution in [0.4, 0.5) is 0 Å². The number of hydrogen-bond donors (Lipinski definition) is 1. The van der Waals surface area contributed by atoms with Crippen molar-refractivity contribution in [3.05, 3.63) is 68.7 Å². The molecule has 1 heterocycles. The first kappa shape index (κ1) is 16.7. The summed E-state index contributed by atoms with van der Waals surface area (Å²) in [6.07, 6.45) is 2.42. The Labute approximate surface area is 158 Å². The van der Waals surface area contributed by atoms with Crippen LogP contribution in [0.2, 0.25) is 15.1 Å². The van der Waals surface area contributed by atoms with E-state index in [0.29, 0.717) is 22.8 Å². The Balaban J connectivity index is 1.77. The quantitative estimate of drug-likeness (QED) is 0.659. The fourth-order valence-electron chi connectivity index (χ4n) is 4.68. The summed E-state index contributed by atoms with van der Waals surface area (Å²) < 4.78 is 0. The second-order valence-corrected chi connectivity index (χ2v) is 8.29. The number of hydrogen-bond acceptors (Lipinski definition) is 1. The Morgan fingerprint density at radius 1 is 0.833 bits per heavy atom. The molecule has 0 bridgehead atoms. The van der Waals surface area contributed by atoms with Gasteiger partial charge in [0, 0.05) is 15.1 Å². The molecule has 2 aliphatic rings. The highest BCUT2D eigenvalue weighted by atomic mass is 35.5. The third kappa shape index (κ3) is 3.08. The molecule has 1 saturated heterocycles. The Hall–Kier alpha value is -0.730. The van der Waals surface area contributed by atoms with Crippen molar-refractivity contribution in [1.29, 1.82) is 0 Å². The molecule has 24 heavy (non-hydrogen) atoms. The maximum atomic E-state index is 6.56. The van der Waals surface area contributed by atoms with Gasteiger partial charge in [0.1, 0.15) is 0 Å². The Bertz CT molecular complexity index is 728. The van der Waals surface area contributed by atoms with Crippen molar-refractivity contribution in [3.8, 4) is 0 Å². The van der Waals surface area contributed by atoms with Crippen molar-refractivity contribution >= 4 is 34.8 Å². The van der Waals surface area contributed by atoms with E-state index in [0.717, 1.165) is 35.5 Å². The van der Waals surface area contributed by atoms with Crippen molar-refractivity contribution < 1.29 is 0 Å². The van der Waals surface area contributed by atoms with Crippen LogP contribution in [0.3, 0.4) is 0 Å². The Morgan fingerprint density at radius 2 is 1.58 bits per heavy atom. The van der Waals surface area contributed by atoms with Crippen molar-refractivity contribution in [2.75, 3.05) is 13.1 Å². The number of benzene rings is 2. The summed E-state index contributed by atoms with van der Waals surface area (Å²) in [5, 5.41) is 5.86.